The number of sulfonamides is 1. The van der Waals surface area contributed by atoms with Gasteiger partial charge in [-0.15, -0.1) is 0 Å². The molecule has 0 aliphatic carbocycles. The molecule has 9 nitrogen and oxygen atoms in total. The van der Waals surface area contributed by atoms with Crippen molar-refractivity contribution in [2.75, 3.05) is 4.72 Å². The standard InChI is InChI=1S/C14H12N2O7S/c17-8-9-1-4-11(5-2-9)15-24(22,23)13-6-3-10(14(18)19)7-12(13)16(20)21/h1-7,15,17H,8H2,(H,18,19). The van der Waals surface area contributed by atoms with Crippen LogP contribution in [0, 0.1) is 10.1 Å². The van der Waals surface area contributed by atoms with Gasteiger partial charge < -0.3 is 10.2 Å². The lowest BCUT2D eigenvalue weighted by Crippen LogP contribution is -2.15. The van der Waals surface area contributed by atoms with Crippen LogP contribution in [-0.4, -0.2) is 29.5 Å². The minimum atomic E-state index is -4.30. The highest BCUT2D eigenvalue weighted by atomic mass is 32.2. The number of nitrogens with zero attached hydrogens (tertiary/aromatic N) is 1. The fourth-order valence-corrected chi connectivity index (χ4v) is 3.12. The number of rotatable bonds is 6. The third kappa shape index (κ3) is 3.67. The number of carbonyl (C=O) groups is 1. The van der Waals surface area contributed by atoms with E-state index in [0.717, 1.165) is 12.1 Å². The van der Waals surface area contributed by atoms with Crippen LogP contribution < -0.4 is 4.72 Å². The van der Waals surface area contributed by atoms with Crippen molar-refractivity contribution in [2.24, 2.45) is 0 Å². The van der Waals surface area contributed by atoms with Crippen LogP contribution in [0.2, 0.25) is 0 Å². The summed E-state index contributed by atoms with van der Waals surface area (Å²) in [5.74, 6) is -1.41. The average molecular weight is 352 g/mol. The van der Waals surface area contributed by atoms with Gasteiger partial charge in [-0.05, 0) is 29.8 Å². The van der Waals surface area contributed by atoms with E-state index in [2.05, 4.69) is 4.72 Å². The predicted molar refractivity (Wildman–Crippen MR) is 83.2 cm³/mol. The van der Waals surface area contributed by atoms with Crippen molar-refractivity contribution in [3.63, 3.8) is 0 Å². The zero-order chi connectivity index (χ0) is 17.9. The molecule has 24 heavy (non-hydrogen) atoms. The van der Waals surface area contributed by atoms with Gasteiger partial charge in [0, 0.05) is 11.8 Å². The molecule has 2 aromatic rings. The molecular weight excluding hydrogens is 340 g/mol. The second-order valence-corrected chi connectivity index (χ2v) is 6.36. The molecule has 126 valence electrons. The lowest BCUT2D eigenvalue weighted by atomic mass is 10.2. The van der Waals surface area contributed by atoms with Gasteiger partial charge in [0.15, 0.2) is 4.90 Å². The number of nitro benzene ring substituents is 1. The minimum Gasteiger partial charge on any atom is -0.478 e. The molecule has 0 atom stereocenters. The first-order valence-electron chi connectivity index (χ1n) is 6.49. The minimum absolute atomic E-state index is 0.142. The second kappa shape index (κ2) is 6.64. The Morgan fingerprint density at radius 1 is 1.17 bits per heavy atom. The number of aliphatic hydroxyl groups is 1. The van der Waals surface area contributed by atoms with Gasteiger partial charge in [0.25, 0.3) is 15.7 Å². The molecule has 0 heterocycles. The number of benzene rings is 2. The Morgan fingerprint density at radius 3 is 2.29 bits per heavy atom. The van der Waals surface area contributed by atoms with E-state index in [4.69, 9.17) is 10.2 Å². The highest BCUT2D eigenvalue weighted by Crippen LogP contribution is 2.27. The molecule has 2 aromatic carbocycles. The zero-order valence-electron chi connectivity index (χ0n) is 12.0. The Bertz CT molecular complexity index is 892. The van der Waals surface area contributed by atoms with Crippen LogP contribution in [0.3, 0.4) is 0 Å². The van der Waals surface area contributed by atoms with Crippen LogP contribution in [0.25, 0.3) is 0 Å². The van der Waals surface area contributed by atoms with Crippen molar-refractivity contribution >= 4 is 27.4 Å². The molecule has 0 fully saturated rings. The quantitative estimate of drug-likeness (QED) is 0.528. The van der Waals surface area contributed by atoms with Crippen molar-refractivity contribution < 1.29 is 28.3 Å². The first kappa shape index (κ1) is 17.4. The van der Waals surface area contributed by atoms with Crippen molar-refractivity contribution in [1.29, 1.82) is 0 Å². The summed E-state index contributed by atoms with van der Waals surface area (Å²) in [6, 6.07) is 8.28. The first-order chi connectivity index (χ1) is 11.2. The normalized spacial score (nSPS) is 11.0. The summed E-state index contributed by atoms with van der Waals surface area (Å²) in [5.41, 5.74) is -0.527. The fraction of sp³-hybridized carbons (Fsp3) is 0.0714. The van der Waals surface area contributed by atoms with Gasteiger partial charge in [-0.25, -0.2) is 13.2 Å². The lowest BCUT2D eigenvalue weighted by Gasteiger charge is -2.09. The summed E-state index contributed by atoms with van der Waals surface area (Å²) in [7, 11) is -4.30. The molecule has 2 rings (SSSR count). The molecule has 0 saturated heterocycles. The number of anilines is 1. The van der Waals surface area contributed by atoms with Gasteiger partial charge in [-0.3, -0.25) is 14.8 Å². The molecule has 0 aliphatic heterocycles. The molecule has 10 heteroatoms. The van der Waals surface area contributed by atoms with Gasteiger partial charge in [-0.2, -0.15) is 0 Å². The lowest BCUT2D eigenvalue weighted by molar-refractivity contribution is -0.387. The molecule has 0 spiro atoms. The van der Waals surface area contributed by atoms with Crippen molar-refractivity contribution in [1.82, 2.24) is 0 Å². The highest BCUT2D eigenvalue weighted by molar-refractivity contribution is 7.92. The van der Waals surface area contributed by atoms with E-state index in [9.17, 15) is 23.3 Å². The maximum Gasteiger partial charge on any atom is 0.335 e. The monoisotopic (exact) mass is 352 g/mol. The maximum absolute atomic E-state index is 12.4. The Kier molecular flexibility index (Phi) is 4.81. The molecule has 0 amide bonds. The number of aromatic carboxylic acids is 1. The SMILES string of the molecule is O=C(O)c1ccc(S(=O)(=O)Nc2ccc(CO)cc2)c([N+](=O)[O-])c1. The van der Waals surface area contributed by atoms with E-state index in [1.165, 1.54) is 24.3 Å². The summed E-state index contributed by atoms with van der Waals surface area (Å²) in [6.45, 7) is -0.213. The van der Waals surface area contributed by atoms with Crippen molar-refractivity contribution in [3.8, 4) is 0 Å². The van der Waals surface area contributed by atoms with E-state index in [-0.39, 0.29) is 12.3 Å². The Hall–Kier alpha value is -2.98. The summed E-state index contributed by atoms with van der Waals surface area (Å²) >= 11 is 0. The summed E-state index contributed by atoms with van der Waals surface area (Å²) in [6.07, 6.45) is 0. The van der Waals surface area contributed by atoms with Crippen LogP contribution in [0.5, 0.6) is 0 Å². The van der Waals surface area contributed by atoms with E-state index in [0.29, 0.717) is 11.6 Å². The fourth-order valence-electron chi connectivity index (χ4n) is 1.91. The molecule has 3 N–H and O–H groups in total. The van der Waals surface area contributed by atoms with E-state index >= 15 is 0 Å². The van der Waals surface area contributed by atoms with Gasteiger partial charge in [-0.1, -0.05) is 12.1 Å². The molecule has 0 aromatic heterocycles. The molecule has 0 radical (unpaired) electrons. The predicted octanol–water partition coefficient (Wildman–Crippen LogP) is 1.59. The third-order valence-corrected chi connectivity index (χ3v) is 4.51. The van der Waals surface area contributed by atoms with Crippen LogP contribution in [0.4, 0.5) is 11.4 Å². The smallest absolute Gasteiger partial charge is 0.335 e. The number of hydrogen-bond donors (Lipinski definition) is 3. The largest absolute Gasteiger partial charge is 0.478 e. The Morgan fingerprint density at radius 2 is 1.79 bits per heavy atom. The Labute approximate surface area is 136 Å². The topological polar surface area (TPSA) is 147 Å². The number of nitrogens with one attached hydrogen (secondary N) is 1. The van der Waals surface area contributed by atoms with Crippen LogP contribution in [0.1, 0.15) is 15.9 Å². The number of hydrogen-bond acceptors (Lipinski definition) is 6. The number of carboxylic acids is 1. The van der Waals surface area contributed by atoms with Crippen LogP contribution >= 0.6 is 0 Å². The Balaban J connectivity index is 2.44. The molecule has 0 unspecified atom stereocenters. The van der Waals surface area contributed by atoms with Gasteiger partial charge in [0.2, 0.25) is 0 Å². The van der Waals surface area contributed by atoms with E-state index < -0.39 is 37.1 Å². The van der Waals surface area contributed by atoms with Crippen molar-refractivity contribution in [2.45, 2.75) is 11.5 Å². The first-order valence-corrected chi connectivity index (χ1v) is 7.97. The van der Waals surface area contributed by atoms with Crippen LogP contribution in [-0.2, 0) is 16.6 Å². The third-order valence-electron chi connectivity index (χ3n) is 3.08. The van der Waals surface area contributed by atoms with Crippen LogP contribution in [0.15, 0.2) is 47.4 Å². The van der Waals surface area contributed by atoms with Gasteiger partial charge >= 0.3 is 5.97 Å². The van der Waals surface area contributed by atoms with E-state index in [1.807, 2.05) is 0 Å². The second-order valence-electron chi connectivity index (χ2n) is 4.71. The van der Waals surface area contributed by atoms with E-state index in [1.54, 1.807) is 0 Å². The summed E-state index contributed by atoms with van der Waals surface area (Å²) in [4.78, 5) is 20.3. The molecule has 0 saturated carbocycles. The summed E-state index contributed by atoms with van der Waals surface area (Å²) < 4.78 is 26.9. The molecule has 0 aliphatic rings. The van der Waals surface area contributed by atoms with Gasteiger partial charge in [0.05, 0.1) is 17.1 Å². The summed E-state index contributed by atoms with van der Waals surface area (Å²) in [5, 5.41) is 28.9. The molecular formula is C14H12N2O7S. The highest BCUT2D eigenvalue weighted by Gasteiger charge is 2.27. The number of aliphatic hydroxyl groups excluding tert-OH is 1. The van der Waals surface area contributed by atoms with Gasteiger partial charge in [0.1, 0.15) is 0 Å². The maximum atomic E-state index is 12.4. The molecule has 0 bridgehead atoms. The zero-order valence-corrected chi connectivity index (χ0v) is 12.9. The van der Waals surface area contributed by atoms with Crippen molar-refractivity contribution in [3.05, 3.63) is 63.7 Å². The number of carboxylic acid groups (broad SMARTS) is 1. The average Bonchev–Trinajstić information content (AvgIpc) is 2.54. The number of nitro groups is 1.